The summed E-state index contributed by atoms with van der Waals surface area (Å²) in [6, 6.07) is 16.5. The zero-order valence-corrected chi connectivity index (χ0v) is 17.1. The van der Waals surface area contributed by atoms with E-state index in [4.69, 9.17) is 9.68 Å². The predicted octanol–water partition coefficient (Wildman–Crippen LogP) is 4.02. The highest BCUT2D eigenvalue weighted by molar-refractivity contribution is 5.75. The predicted molar refractivity (Wildman–Crippen MR) is 116 cm³/mol. The molecule has 30 heavy (non-hydrogen) atoms. The van der Waals surface area contributed by atoms with Crippen molar-refractivity contribution in [3.8, 4) is 6.07 Å². The Morgan fingerprint density at radius 1 is 1.17 bits per heavy atom. The lowest BCUT2D eigenvalue weighted by Crippen LogP contribution is -2.23. The molecule has 152 valence electrons. The van der Waals surface area contributed by atoms with E-state index < -0.39 is 0 Å². The number of anilines is 1. The molecule has 0 radical (unpaired) electrons. The Bertz CT molecular complexity index is 1170. The fraction of sp³-hybridized carbons (Fsp3) is 0.261. The van der Waals surface area contributed by atoms with Gasteiger partial charge >= 0.3 is 0 Å². The lowest BCUT2D eigenvalue weighted by Gasteiger charge is -2.17. The van der Waals surface area contributed by atoms with Gasteiger partial charge in [-0.2, -0.15) is 10.2 Å². The van der Waals surface area contributed by atoms with Crippen LogP contribution in [0.25, 0.3) is 11.1 Å². The van der Waals surface area contributed by atoms with Gasteiger partial charge in [0.25, 0.3) is 6.01 Å². The van der Waals surface area contributed by atoms with Crippen LogP contribution in [0.5, 0.6) is 0 Å². The van der Waals surface area contributed by atoms with Crippen molar-refractivity contribution in [3.63, 3.8) is 0 Å². The van der Waals surface area contributed by atoms with Crippen molar-refractivity contribution >= 4 is 17.1 Å². The Morgan fingerprint density at radius 2 is 2.00 bits per heavy atom. The number of hydrogen-bond acceptors (Lipinski definition) is 6. The minimum Gasteiger partial charge on any atom is -0.424 e. The van der Waals surface area contributed by atoms with Gasteiger partial charge in [0, 0.05) is 25.8 Å². The van der Waals surface area contributed by atoms with Gasteiger partial charge in [-0.3, -0.25) is 0 Å². The first-order valence-corrected chi connectivity index (χ1v) is 9.96. The number of aryl methyl sites for hydroxylation is 1. The quantitative estimate of drug-likeness (QED) is 0.434. The number of rotatable bonds is 8. The van der Waals surface area contributed by atoms with Gasteiger partial charge in [-0.05, 0) is 49.2 Å². The molecule has 4 aromatic rings. The molecule has 7 nitrogen and oxygen atoms in total. The van der Waals surface area contributed by atoms with E-state index in [2.05, 4.69) is 38.2 Å². The van der Waals surface area contributed by atoms with Crippen LogP contribution < -0.4 is 10.6 Å². The summed E-state index contributed by atoms with van der Waals surface area (Å²) in [5, 5.41) is 15.6. The lowest BCUT2D eigenvalue weighted by molar-refractivity contribution is 0.575. The van der Waals surface area contributed by atoms with Gasteiger partial charge < -0.3 is 19.6 Å². The van der Waals surface area contributed by atoms with Crippen LogP contribution in [0.1, 0.15) is 35.3 Å². The van der Waals surface area contributed by atoms with Gasteiger partial charge in [0.1, 0.15) is 5.52 Å². The number of benzene rings is 2. The maximum absolute atomic E-state index is 8.97. The zero-order valence-electron chi connectivity index (χ0n) is 17.1. The molecule has 2 aromatic heterocycles. The van der Waals surface area contributed by atoms with Gasteiger partial charge in [0.2, 0.25) is 0 Å². The monoisotopic (exact) mass is 400 g/mol. The third-order valence-electron chi connectivity index (χ3n) is 5.11. The molecular weight excluding hydrogens is 376 g/mol. The average molecular weight is 400 g/mol. The molecule has 7 heteroatoms. The molecule has 2 N–H and O–H groups in total. The maximum atomic E-state index is 8.97. The van der Waals surface area contributed by atoms with E-state index in [1.165, 1.54) is 0 Å². The number of nitrogens with one attached hydrogen (secondary N) is 2. The zero-order chi connectivity index (χ0) is 20.9. The number of oxazole rings is 1. The molecule has 0 saturated carbocycles. The van der Waals surface area contributed by atoms with E-state index in [9.17, 15) is 0 Å². The second-order valence-electron chi connectivity index (χ2n) is 7.30. The summed E-state index contributed by atoms with van der Waals surface area (Å²) in [5.41, 5.74) is 5.71. The Balaban J connectivity index is 1.29. The summed E-state index contributed by atoms with van der Waals surface area (Å²) < 4.78 is 7.88. The largest absolute Gasteiger partial charge is 0.424 e. The molecule has 0 amide bonds. The van der Waals surface area contributed by atoms with Crippen LogP contribution >= 0.6 is 0 Å². The van der Waals surface area contributed by atoms with E-state index >= 15 is 0 Å². The number of fused-ring (bicyclic) bond motifs is 1. The standard InChI is InChI=1S/C23H24N6O/c1-16-3-8-21-22(11-16)30-23(28-21)27-10-9-25-13-20-14-26-15-29(20)17(2)19-6-4-18(12-24)5-7-19/h3-8,11,14-15,17,25H,9-10,13H2,1-2H3,(H,27,28)/t17-/m1/s1. The molecule has 0 unspecified atom stereocenters. The highest BCUT2D eigenvalue weighted by atomic mass is 16.4. The third kappa shape index (κ3) is 4.34. The van der Waals surface area contributed by atoms with Crippen LogP contribution in [0.15, 0.2) is 59.4 Å². The molecule has 4 rings (SSSR count). The van der Waals surface area contributed by atoms with Crippen LogP contribution in [0, 0.1) is 18.3 Å². The van der Waals surface area contributed by atoms with E-state index in [0.29, 0.717) is 24.7 Å². The van der Waals surface area contributed by atoms with Crippen molar-refractivity contribution in [3.05, 3.63) is 77.4 Å². The van der Waals surface area contributed by atoms with Crippen LogP contribution in [-0.2, 0) is 6.54 Å². The normalized spacial score (nSPS) is 12.0. The molecular formula is C23H24N6O. The second kappa shape index (κ2) is 8.80. The van der Waals surface area contributed by atoms with Gasteiger partial charge in [-0.25, -0.2) is 4.98 Å². The first-order valence-electron chi connectivity index (χ1n) is 9.96. The lowest BCUT2D eigenvalue weighted by atomic mass is 10.1. The van der Waals surface area contributed by atoms with E-state index in [0.717, 1.165) is 34.5 Å². The van der Waals surface area contributed by atoms with Gasteiger partial charge in [0.15, 0.2) is 5.58 Å². The van der Waals surface area contributed by atoms with Gasteiger partial charge in [0.05, 0.1) is 29.7 Å². The number of nitriles is 1. The van der Waals surface area contributed by atoms with Crippen LogP contribution in [0.4, 0.5) is 6.01 Å². The van der Waals surface area contributed by atoms with E-state index in [-0.39, 0.29) is 6.04 Å². The van der Waals surface area contributed by atoms with Crippen LogP contribution in [0.2, 0.25) is 0 Å². The molecule has 2 aromatic carbocycles. The number of hydrogen-bond donors (Lipinski definition) is 2. The average Bonchev–Trinajstić information content (AvgIpc) is 3.39. The third-order valence-corrected chi connectivity index (χ3v) is 5.11. The van der Waals surface area contributed by atoms with Crippen molar-refractivity contribution in [2.75, 3.05) is 18.4 Å². The molecule has 0 aliphatic carbocycles. The van der Waals surface area contributed by atoms with Crippen LogP contribution in [0.3, 0.4) is 0 Å². The van der Waals surface area contributed by atoms with Crippen molar-refractivity contribution in [2.45, 2.75) is 26.4 Å². The fourth-order valence-corrected chi connectivity index (χ4v) is 3.40. The summed E-state index contributed by atoms with van der Waals surface area (Å²) in [6.07, 6.45) is 3.72. The SMILES string of the molecule is Cc1ccc2nc(NCCNCc3cncn3[C@H](C)c3ccc(C#N)cc3)oc2c1. The molecule has 0 aliphatic rings. The summed E-state index contributed by atoms with van der Waals surface area (Å²) in [7, 11) is 0. The number of imidazole rings is 1. The molecule has 0 saturated heterocycles. The Morgan fingerprint density at radius 3 is 2.80 bits per heavy atom. The molecule has 0 aliphatic heterocycles. The number of aromatic nitrogens is 3. The Kier molecular flexibility index (Phi) is 5.77. The summed E-state index contributed by atoms with van der Waals surface area (Å²) in [6.45, 7) is 6.32. The topological polar surface area (TPSA) is 91.7 Å². The Hall–Kier alpha value is -3.63. The fourth-order valence-electron chi connectivity index (χ4n) is 3.40. The molecule has 0 fully saturated rings. The smallest absolute Gasteiger partial charge is 0.295 e. The van der Waals surface area contributed by atoms with Gasteiger partial charge in [-0.15, -0.1) is 0 Å². The molecule has 0 bridgehead atoms. The highest BCUT2D eigenvalue weighted by Gasteiger charge is 2.12. The van der Waals surface area contributed by atoms with Crippen molar-refractivity contribution in [1.29, 1.82) is 5.26 Å². The summed E-state index contributed by atoms with van der Waals surface area (Å²) in [4.78, 5) is 8.76. The van der Waals surface area contributed by atoms with Crippen molar-refractivity contribution < 1.29 is 4.42 Å². The van der Waals surface area contributed by atoms with E-state index in [1.54, 1.807) is 0 Å². The Labute approximate surface area is 175 Å². The van der Waals surface area contributed by atoms with Crippen LogP contribution in [-0.4, -0.2) is 27.6 Å². The molecule has 1 atom stereocenters. The van der Waals surface area contributed by atoms with Gasteiger partial charge in [-0.1, -0.05) is 18.2 Å². The minimum atomic E-state index is 0.137. The first-order chi connectivity index (χ1) is 14.6. The second-order valence-corrected chi connectivity index (χ2v) is 7.30. The summed E-state index contributed by atoms with van der Waals surface area (Å²) >= 11 is 0. The van der Waals surface area contributed by atoms with Crippen molar-refractivity contribution in [1.82, 2.24) is 19.9 Å². The highest BCUT2D eigenvalue weighted by Crippen LogP contribution is 2.21. The molecule has 2 heterocycles. The van der Waals surface area contributed by atoms with Crippen molar-refractivity contribution in [2.24, 2.45) is 0 Å². The minimum absolute atomic E-state index is 0.137. The molecule has 0 spiro atoms. The van der Waals surface area contributed by atoms with E-state index in [1.807, 2.05) is 61.9 Å². The maximum Gasteiger partial charge on any atom is 0.295 e. The first kappa shape index (κ1) is 19.7. The number of nitrogens with zero attached hydrogens (tertiary/aromatic N) is 4. The summed E-state index contributed by atoms with van der Waals surface area (Å²) in [5.74, 6) is 0.